The summed E-state index contributed by atoms with van der Waals surface area (Å²) in [5.41, 5.74) is 2.25. The lowest BCUT2D eigenvalue weighted by Gasteiger charge is -2.35. The zero-order valence-corrected chi connectivity index (χ0v) is 16.9. The van der Waals surface area contributed by atoms with E-state index in [-0.39, 0.29) is 5.91 Å². The van der Waals surface area contributed by atoms with Gasteiger partial charge in [0.1, 0.15) is 11.6 Å². The summed E-state index contributed by atoms with van der Waals surface area (Å²) < 4.78 is 5.44. The van der Waals surface area contributed by atoms with Crippen molar-refractivity contribution >= 4 is 11.7 Å². The minimum absolute atomic E-state index is 0.0149. The van der Waals surface area contributed by atoms with Crippen LogP contribution in [0.25, 0.3) is 0 Å². The molecule has 0 unspecified atom stereocenters. The molecule has 2 heterocycles. The molecule has 0 aliphatic carbocycles. The Morgan fingerprint density at radius 3 is 2.40 bits per heavy atom. The van der Waals surface area contributed by atoms with Gasteiger partial charge in [-0.25, -0.2) is 4.98 Å². The van der Waals surface area contributed by atoms with E-state index in [0.29, 0.717) is 30.0 Å². The van der Waals surface area contributed by atoms with Gasteiger partial charge >= 0.3 is 0 Å². The van der Waals surface area contributed by atoms with Gasteiger partial charge in [0.25, 0.3) is 5.91 Å². The second-order valence-electron chi connectivity index (χ2n) is 7.00. The molecule has 1 saturated heterocycles. The Morgan fingerprint density at radius 2 is 1.70 bits per heavy atom. The molecule has 0 radical (unpaired) electrons. The maximum atomic E-state index is 13.1. The molecule has 1 aliphatic heterocycles. The van der Waals surface area contributed by atoms with Gasteiger partial charge in [0, 0.05) is 43.5 Å². The molecule has 1 amide bonds. The van der Waals surface area contributed by atoms with Gasteiger partial charge < -0.3 is 14.5 Å². The molecule has 0 spiro atoms. The molecule has 0 bridgehead atoms. The lowest BCUT2D eigenvalue weighted by molar-refractivity contribution is 0.0746. The van der Waals surface area contributed by atoms with E-state index < -0.39 is 0 Å². The molecule has 3 aromatic rings. The fourth-order valence-electron chi connectivity index (χ4n) is 3.46. The number of methoxy groups -OCH3 is 1. The van der Waals surface area contributed by atoms with Gasteiger partial charge in [0.05, 0.1) is 12.7 Å². The summed E-state index contributed by atoms with van der Waals surface area (Å²) in [6, 6.07) is 21.1. The summed E-state index contributed by atoms with van der Waals surface area (Å²) in [5.74, 6) is 7.91. The zero-order chi connectivity index (χ0) is 20.8. The molecule has 0 saturated carbocycles. The Bertz CT molecular complexity index is 1060. The summed E-state index contributed by atoms with van der Waals surface area (Å²) in [5, 5.41) is 0. The molecule has 1 aliphatic rings. The van der Waals surface area contributed by atoms with Crippen LogP contribution in [0.1, 0.15) is 21.5 Å². The summed E-state index contributed by atoms with van der Waals surface area (Å²) in [7, 11) is 1.61. The maximum absolute atomic E-state index is 13.1. The van der Waals surface area contributed by atoms with Crippen molar-refractivity contribution in [2.24, 2.45) is 0 Å². The largest absolute Gasteiger partial charge is 0.495 e. The van der Waals surface area contributed by atoms with Crippen LogP contribution in [0.2, 0.25) is 0 Å². The fraction of sp³-hybridized carbons (Fsp3) is 0.200. The standard InChI is InChI=1S/C25H23N3O2/c1-30-23-13-12-22(19-21(23)11-10-20-7-3-2-4-8-20)25(29)28-17-15-27(16-18-28)24-9-5-6-14-26-24/h2-9,12-14,19H,15-18H2,1H3. The van der Waals surface area contributed by atoms with Crippen LogP contribution in [0.15, 0.2) is 72.9 Å². The van der Waals surface area contributed by atoms with Crippen LogP contribution in [0.4, 0.5) is 5.82 Å². The summed E-state index contributed by atoms with van der Waals surface area (Å²) >= 11 is 0. The van der Waals surface area contributed by atoms with Crippen molar-refractivity contribution in [3.05, 3.63) is 89.6 Å². The molecule has 2 aromatic carbocycles. The van der Waals surface area contributed by atoms with Crippen LogP contribution in [0.3, 0.4) is 0 Å². The molecule has 150 valence electrons. The number of ether oxygens (including phenoxy) is 1. The van der Waals surface area contributed by atoms with Crippen LogP contribution in [0.5, 0.6) is 5.75 Å². The van der Waals surface area contributed by atoms with Crippen LogP contribution >= 0.6 is 0 Å². The third kappa shape index (κ3) is 4.44. The number of hydrogen-bond acceptors (Lipinski definition) is 4. The predicted octanol–water partition coefficient (Wildman–Crippen LogP) is 3.45. The number of carbonyl (C=O) groups excluding carboxylic acids is 1. The number of amides is 1. The van der Waals surface area contributed by atoms with Crippen molar-refractivity contribution < 1.29 is 9.53 Å². The number of piperazine rings is 1. The maximum Gasteiger partial charge on any atom is 0.254 e. The third-order valence-electron chi connectivity index (χ3n) is 5.10. The van der Waals surface area contributed by atoms with E-state index >= 15 is 0 Å². The Labute approximate surface area is 176 Å². The minimum atomic E-state index is 0.0149. The number of pyridine rings is 1. The molecule has 1 fully saturated rings. The van der Waals surface area contributed by atoms with E-state index in [2.05, 4.69) is 21.7 Å². The Kier molecular flexibility index (Phi) is 5.95. The molecular formula is C25H23N3O2. The van der Waals surface area contributed by atoms with E-state index in [1.54, 1.807) is 19.4 Å². The van der Waals surface area contributed by atoms with Crippen LogP contribution in [-0.2, 0) is 0 Å². The number of anilines is 1. The molecule has 4 rings (SSSR count). The van der Waals surface area contributed by atoms with Crippen molar-refractivity contribution in [3.8, 4) is 17.6 Å². The van der Waals surface area contributed by atoms with Crippen molar-refractivity contribution in [1.29, 1.82) is 0 Å². The van der Waals surface area contributed by atoms with Gasteiger partial charge in [-0.3, -0.25) is 4.79 Å². The van der Waals surface area contributed by atoms with Crippen molar-refractivity contribution in [1.82, 2.24) is 9.88 Å². The van der Waals surface area contributed by atoms with Crippen molar-refractivity contribution in [3.63, 3.8) is 0 Å². The molecule has 5 nitrogen and oxygen atoms in total. The molecule has 1 aromatic heterocycles. The lowest BCUT2D eigenvalue weighted by Crippen LogP contribution is -2.49. The molecule has 30 heavy (non-hydrogen) atoms. The van der Waals surface area contributed by atoms with Gasteiger partial charge in [0.15, 0.2) is 0 Å². The van der Waals surface area contributed by atoms with E-state index in [9.17, 15) is 4.79 Å². The van der Waals surface area contributed by atoms with Gasteiger partial charge in [0.2, 0.25) is 0 Å². The SMILES string of the molecule is COc1ccc(C(=O)N2CCN(c3ccccn3)CC2)cc1C#Cc1ccccc1. The number of aromatic nitrogens is 1. The molecule has 5 heteroatoms. The van der Waals surface area contributed by atoms with Crippen LogP contribution in [-0.4, -0.2) is 49.1 Å². The minimum Gasteiger partial charge on any atom is -0.495 e. The topological polar surface area (TPSA) is 45.7 Å². The fourth-order valence-corrected chi connectivity index (χ4v) is 3.46. The van der Waals surface area contributed by atoms with E-state index in [4.69, 9.17) is 4.74 Å². The normalized spacial score (nSPS) is 13.4. The first-order valence-corrected chi connectivity index (χ1v) is 9.95. The zero-order valence-electron chi connectivity index (χ0n) is 16.9. The number of benzene rings is 2. The van der Waals surface area contributed by atoms with Gasteiger partial charge in [-0.15, -0.1) is 0 Å². The smallest absolute Gasteiger partial charge is 0.254 e. The second kappa shape index (κ2) is 9.15. The summed E-state index contributed by atoms with van der Waals surface area (Å²) in [6.07, 6.45) is 1.79. The Balaban J connectivity index is 1.49. The highest BCUT2D eigenvalue weighted by Crippen LogP contribution is 2.21. The Hall–Kier alpha value is -3.78. The first-order valence-electron chi connectivity index (χ1n) is 9.95. The van der Waals surface area contributed by atoms with Gasteiger partial charge in [-0.05, 0) is 42.5 Å². The lowest BCUT2D eigenvalue weighted by atomic mass is 10.1. The van der Waals surface area contributed by atoms with Gasteiger partial charge in [-0.2, -0.15) is 0 Å². The second-order valence-corrected chi connectivity index (χ2v) is 7.00. The van der Waals surface area contributed by atoms with E-state index in [0.717, 1.165) is 24.5 Å². The van der Waals surface area contributed by atoms with Crippen LogP contribution < -0.4 is 9.64 Å². The highest BCUT2D eigenvalue weighted by Gasteiger charge is 2.23. The number of rotatable bonds is 3. The molecular weight excluding hydrogens is 374 g/mol. The average molecular weight is 397 g/mol. The quantitative estimate of drug-likeness (QED) is 0.635. The first kappa shape index (κ1) is 19.5. The summed E-state index contributed by atoms with van der Waals surface area (Å²) in [6.45, 7) is 2.85. The third-order valence-corrected chi connectivity index (χ3v) is 5.10. The van der Waals surface area contributed by atoms with Crippen molar-refractivity contribution in [2.75, 3.05) is 38.2 Å². The monoisotopic (exact) mass is 397 g/mol. The predicted molar refractivity (Wildman–Crippen MR) is 118 cm³/mol. The van der Waals surface area contributed by atoms with E-state index in [1.165, 1.54) is 0 Å². The number of carbonyl (C=O) groups is 1. The summed E-state index contributed by atoms with van der Waals surface area (Å²) in [4.78, 5) is 21.6. The molecule has 0 N–H and O–H groups in total. The van der Waals surface area contributed by atoms with Crippen molar-refractivity contribution in [2.45, 2.75) is 0 Å². The van der Waals surface area contributed by atoms with Crippen LogP contribution in [0, 0.1) is 11.8 Å². The first-order chi connectivity index (χ1) is 14.7. The highest BCUT2D eigenvalue weighted by molar-refractivity contribution is 5.95. The van der Waals surface area contributed by atoms with E-state index in [1.807, 2.05) is 65.6 Å². The molecule has 0 atom stereocenters. The average Bonchev–Trinajstić information content (AvgIpc) is 2.83. The Morgan fingerprint density at radius 1 is 0.933 bits per heavy atom. The highest BCUT2D eigenvalue weighted by atomic mass is 16.5. The van der Waals surface area contributed by atoms with Gasteiger partial charge in [-0.1, -0.05) is 36.1 Å². The number of hydrogen-bond donors (Lipinski definition) is 0. The number of nitrogens with zero attached hydrogens (tertiary/aromatic N) is 3.